The lowest BCUT2D eigenvalue weighted by Crippen LogP contribution is -2.45. The predicted octanol–water partition coefficient (Wildman–Crippen LogP) is 21.9. The van der Waals surface area contributed by atoms with Crippen molar-refractivity contribution in [2.45, 2.75) is 386 Å². The van der Waals surface area contributed by atoms with Crippen LogP contribution in [0, 0.1) is 0 Å². The number of nitrogens with one attached hydrogen (secondary N) is 1. The lowest BCUT2D eigenvalue weighted by molar-refractivity contribution is -0.143. The fourth-order valence-electron chi connectivity index (χ4n) is 10.6. The fraction of sp³-hybridized carbons (Fsp3) is 0.886. The summed E-state index contributed by atoms with van der Waals surface area (Å²) in [6.07, 6.45) is 83.7. The first-order valence-electron chi connectivity index (χ1n) is 34.3. The van der Waals surface area contributed by atoms with Crippen LogP contribution in [0.4, 0.5) is 0 Å². The van der Waals surface area contributed by atoms with Gasteiger partial charge in [-0.1, -0.05) is 314 Å². The van der Waals surface area contributed by atoms with Crippen LogP contribution in [0.15, 0.2) is 36.5 Å². The molecule has 76 heavy (non-hydrogen) atoms. The standard InChI is InChI=1S/C70H133NO5/c1-3-5-7-9-11-13-15-16-17-18-34-37-40-44-48-52-56-60-64-70(75)76-65-61-57-53-49-45-41-38-35-32-30-28-26-24-22-20-19-21-23-25-27-29-31-33-36-39-43-47-51-55-59-63-69(74)71-67(66-72)68(73)62-58-54-50-46-42-14-12-10-8-6-4-2/h17-18,20,22,58,62,67-68,72-73H,3-16,19,21,23-57,59-61,63-66H2,1-2H3,(H,71,74)/b18-17-,22-20-,62-58+. The van der Waals surface area contributed by atoms with Gasteiger partial charge in [0, 0.05) is 12.8 Å². The van der Waals surface area contributed by atoms with Crippen molar-refractivity contribution in [3.63, 3.8) is 0 Å². The molecule has 0 aliphatic heterocycles. The third-order valence-corrected chi connectivity index (χ3v) is 15.9. The molecule has 2 unspecified atom stereocenters. The Morgan fingerprint density at radius 3 is 0.934 bits per heavy atom. The van der Waals surface area contributed by atoms with E-state index in [1.807, 2.05) is 6.08 Å². The predicted molar refractivity (Wildman–Crippen MR) is 333 cm³/mol. The van der Waals surface area contributed by atoms with Crippen molar-refractivity contribution in [1.29, 1.82) is 0 Å². The summed E-state index contributed by atoms with van der Waals surface area (Å²) in [7, 11) is 0. The molecule has 0 saturated heterocycles. The highest BCUT2D eigenvalue weighted by molar-refractivity contribution is 5.76. The molecule has 0 aliphatic carbocycles. The first kappa shape index (κ1) is 74.1. The molecule has 0 fully saturated rings. The van der Waals surface area contributed by atoms with E-state index in [-0.39, 0.29) is 18.5 Å². The van der Waals surface area contributed by atoms with Crippen LogP contribution in [-0.2, 0) is 14.3 Å². The Bertz CT molecular complexity index is 1230. The number of amides is 1. The summed E-state index contributed by atoms with van der Waals surface area (Å²) in [6.45, 7) is 4.91. The lowest BCUT2D eigenvalue weighted by atomic mass is 10.0. The first-order valence-corrected chi connectivity index (χ1v) is 34.3. The maximum Gasteiger partial charge on any atom is 0.305 e. The van der Waals surface area contributed by atoms with Crippen LogP contribution in [0.3, 0.4) is 0 Å². The molecule has 0 aromatic rings. The summed E-state index contributed by atoms with van der Waals surface area (Å²) in [5.74, 6) is -0.0526. The average molecular weight is 1070 g/mol. The Hall–Kier alpha value is -1.92. The van der Waals surface area contributed by atoms with Crippen LogP contribution in [0.2, 0.25) is 0 Å². The molecular weight excluding hydrogens is 935 g/mol. The van der Waals surface area contributed by atoms with Crippen LogP contribution in [0.5, 0.6) is 0 Å². The van der Waals surface area contributed by atoms with Crippen LogP contribution >= 0.6 is 0 Å². The van der Waals surface area contributed by atoms with E-state index in [1.54, 1.807) is 6.08 Å². The monoisotopic (exact) mass is 1070 g/mol. The van der Waals surface area contributed by atoms with Gasteiger partial charge in [0.2, 0.25) is 5.91 Å². The highest BCUT2D eigenvalue weighted by atomic mass is 16.5. The number of hydrogen-bond donors (Lipinski definition) is 3. The summed E-state index contributed by atoms with van der Waals surface area (Å²) >= 11 is 0. The Kier molecular flexibility index (Phi) is 63.9. The molecule has 0 rings (SSSR count). The number of esters is 1. The van der Waals surface area contributed by atoms with E-state index >= 15 is 0 Å². The first-order chi connectivity index (χ1) is 37.5. The van der Waals surface area contributed by atoms with Crippen molar-refractivity contribution in [3.05, 3.63) is 36.5 Å². The molecule has 1 amide bonds. The molecule has 0 aliphatic rings. The number of carbonyl (C=O) groups is 2. The van der Waals surface area contributed by atoms with Gasteiger partial charge in [-0.15, -0.1) is 0 Å². The summed E-state index contributed by atoms with van der Waals surface area (Å²) in [5.41, 5.74) is 0. The van der Waals surface area contributed by atoms with Crippen LogP contribution < -0.4 is 5.32 Å². The van der Waals surface area contributed by atoms with Gasteiger partial charge < -0.3 is 20.3 Å². The molecule has 0 aromatic carbocycles. The summed E-state index contributed by atoms with van der Waals surface area (Å²) in [5, 5.41) is 23.0. The summed E-state index contributed by atoms with van der Waals surface area (Å²) in [4.78, 5) is 24.5. The zero-order chi connectivity index (χ0) is 55.0. The van der Waals surface area contributed by atoms with E-state index in [0.717, 1.165) is 44.9 Å². The molecule has 0 saturated carbocycles. The van der Waals surface area contributed by atoms with E-state index in [0.29, 0.717) is 19.4 Å². The summed E-state index contributed by atoms with van der Waals surface area (Å²) < 4.78 is 5.50. The second-order valence-corrected chi connectivity index (χ2v) is 23.5. The molecule has 0 spiro atoms. The third kappa shape index (κ3) is 61.3. The maximum absolute atomic E-state index is 12.4. The Labute approximate surface area is 474 Å². The Morgan fingerprint density at radius 2 is 0.618 bits per heavy atom. The molecule has 3 N–H and O–H groups in total. The number of unbranched alkanes of at least 4 members (excludes halogenated alkanes) is 49. The van der Waals surface area contributed by atoms with Gasteiger partial charge in [0.05, 0.1) is 25.4 Å². The van der Waals surface area contributed by atoms with Crippen LogP contribution in [0.25, 0.3) is 0 Å². The van der Waals surface area contributed by atoms with Crippen molar-refractivity contribution in [1.82, 2.24) is 5.32 Å². The molecule has 6 heteroatoms. The smallest absolute Gasteiger partial charge is 0.305 e. The number of aliphatic hydroxyl groups is 2. The van der Waals surface area contributed by atoms with E-state index in [2.05, 4.69) is 43.5 Å². The Morgan fingerprint density at radius 1 is 0.355 bits per heavy atom. The zero-order valence-electron chi connectivity index (χ0n) is 51.3. The molecular formula is C70H133NO5. The topological polar surface area (TPSA) is 95.9 Å². The molecule has 2 atom stereocenters. The molecule has 6 nitrogen and oxygen atoms in total. The molecule has 0 heterocycles. The maximum atomic E-state index is 12.4. The minimum atomic E-state index is -0.842. The van der Waals surface area contributed by atoms with Crippen molar-refractivity contribution < 1.29 is 24.5 Å². The molecule has 0 radical (unpaired) electrons. The second-order valence-electron chi connectivity index (χ2n) is 23.5. The second kappa shape index (κ2) is 65.6. The Balaban J connectivity index is 3.35. The number of hydrogen-bond acceptors (Lipinski definition) is 5. The van der Waals surface area contributed by atoms with Gasteiger partial charge >= 0.3 is 5.97 Å². The number of carbonyl (C=O) groups excluding carboxylic acids is 2. The molecule has 0 aromatic heterocycles. The van der Waals surface area contributed by atoms with Gasteiger partial charge in [0.15, 0.2) is 0 Å². The fourth-order valence-corrected chi connectivity index (χ4v) is 10.6. The normalized spacial score (nSPS) is 12.7. The van der Waals surface area contributed by atoms with Gasteiger partial charge in [-0.05, 0) is 83.5 Å². The van der Waals surface area contributed by atoms with Gasteiger partial charge in [0.25, 0.3) is 0 Å². The van der Waals surface area contributed by atoms with Crippen molar-refractivity contribution in [2.24, 2.45) is 0 Å². The van der Waals surface area contributed by atoms with E-state index in [1.165, 1.54) is 302 Å². The van der Waals surface area contributed by atoms with Crippen molar-refractivity contribution in [2.75, 3.05) is 13.2 Å². The van der Waals surface area contributed by atoms with Gasteiger partial charge in [0.1, 0.15) is 0 Å². The summed E-state index contributed by atoms with van der Waals surface area (Å²) in [6, 6.07) is -0.625. The highest BCUT2D eigenvalue weighted by Gasteiger charge is 2.18. The van der Waals surface area contributed by atoms with E-state index in [9.17, 15) is 19.8 Å². The largest absolute Gasteiger partial charge is 0.466 e. The molecule has 0 bridgehead atoms. The average Bonchev–Trinajstić information content (AvgIpc) is 3.42. The van der Waals surface area contributed by atoms with Crippen molar-refractivity contribution >= 4 is 11.9 Å². The zero-order valence-corrected chi connectivity index (χ0v) is 51.3. The number of aliphatic hydroxyl groups excluding tert-OH is 2. The van der Waals surface area contributed by atoms with Gasteiger partial charge in [-0.2, -0.15) is 0 Å². The van der Waals surface area contributed by atoms with Crippen LogP contribution in [-0.4, -0.2) is 47.4 Å². The number of rotatable bonds is 64. The number of allylic oxidation sites excluding steroid dienone is 5. The minimum absolute atomic E-state index is 0.0141. The van der Waals surface area contributed by atoms with Gasteiger partial charge in [-0.3, -0.25) is 9.59 Å². The van der Waals surface area contributed by atoms with Crippen LogP contribution in [0.1, 0.15) is 373 Å². The van der Waals surface area contributed by atoms with E-state index in [4.69, 9.17) is 4.74 Å². The number of ether oxygens (including phenoxy) is 1. The van der Waals surface area contributed by atoms with Crippen molar-refractivity contribution in [3.8, 4) is 0 Å². The SMILES string of the molecule is CCCCCCCCC/C=C\CCCCCCCCCC(=O)OCCCCCCCCCCCCCC/C=C\CCCCCCCCCCCCCCCCC(=O)NC(CO)C(O)/C=C/CCCCCCCCCCC. The van der Waals surface area contributed by atoms with Gasteiger partial charge in [-0.25, -0.2) is 0 Å². The quantitative estimate of drug-likeness (QED) is 0.0320. The minimum Gasteiger partial charge on any atom is -0.466 e. The molecule has 448 valence electrons. The highest BCUT2D eigenvalue weighted by Crippen LogP contribution is 2.18. The third-order valence-electron chi connectivity index (χ3n) is 15.9. The van der Waals surface area contributed by atoms with E-state index < -0.39 is 12.1 Å². The lowest BCUT2D eigenvalue weighted by Gasteiger charge is -2.20.